The van der Waals surface area contributed by atoms with Gasteiger partial charge < -0.3 is 4.90 Å². The van der Waals surface area contributed by atoms with Crippen molar-refractivity contribution in [1.82, 2.24) is 4.90 Å². The van der Waals surface area contributed by atoms with Crippen LogP contribution in [0.4, 0.5) is 0 Å². The van der Waals surface area contributed by atoms with Crippen LogP contribution in [-0.4, -0.2) is 23.0 Å². The Hall–Kier alpha value is -1.41. The molecular weight excluding hydrogens is 226 g/mol. The van der Waals surface area contributed by atoms with E-state index in [0.29, 0.717) is 0 Å². The van der Waals surface area contributed by atoms with Crippen LogP contribution in [0, 0.1) is 0 Å². The Morgan fingerprint density at radius 1 is 1.00 bits per heavy atom. The van der Waals surface area contributed by atoms with Crippen molar-refractivity contribution in [2.75, 3.05) is 13.1 Å². The fourth-order valence-electron chi connectivity index (χ4n) is 2.09. The lowest BCUT2D eigenvalue weighted by molar-refractivity contribution is 0.475. The topological polar surface area (TPSA) is 3.24 Å². The van der Waals surface area contributed by atoms with Crippen LogP contribution in [0.15, 0.2) is 42.5 Å². The van der Waals surface area contributed by atoms with Gasteiger partial charge in [0.25, 0.3) is 0 Å². The Morgan fingerprint density at radius 2 is 1.65 bits per heavy atom. The van der Waals surface area contributed by atoms with Crippen LogP contribution in [0.3, 0.4) is 0 Å². The summed E-state index contributed by atoms with van der Waals surface area (Å²) in [5, 5.41) is 2.49. The van der Waals surface area contributed by atoms with E-state index in [0.717, 1.165) is 18.1 Å². The SMILES string of the molecule is CCN(CC)C(=S)c1cccc2ccccc12. The molecule has 0 aromatic heterocycles. The number of hydrogen-bond acceptors (Lipinski definition) is 1. The Labute approximate surface area is 108 Å². The van der Waals surface area contributed by atoms with E-state index in [1.807, 2.05) is 0 Å². The van der Waals surface area contributed by atoms with E-state index < -0.39 is 0 Å². The standard InChI is InChI=1S/C15H17NS/c1-3-16(4-2)15(17)14-11-7-9-12-8-5-6-10-13(12)14/h5-11H,3-4H2,1-2H3. The van der Waals surface area contributed by atoms with Crippen LogP contribution in [0.2, 0.25) is 0 Å². The molecule has 2 rings (SSSR count). The molecule has 0 saturated carbocycles. The van der Waals surface area contributed by atoms with Gasteiger partial charge in [-0.15, -0.1) is 0 Å². The maximum absolute atomic E-state index is 5.59. The first-order valence-electron chi connectivity index (χ1n) is 6.05. The van der Waals surface area contributed by atoms with Gasteiger partial charge in [-0.2, -0.15) is 0 Å². The Bertz CT molecular complexity index is 524. The van der Waals surface area contributed by atoms with Gasteiger partial charge >= 0.3 is 0 Å². The molecule has 2 aromatic rings. The highest BCUT2D eigenvalue weighted by Gasteiger charge is 2.10. The van der Waals surface area contributed by atoms with Crippen molar-refractivity contribution in [3.8, 4) is 0 Å². The quantitative estimate of drug-likeness (QED) is 0.753. The van der Waals surface area contributed by atoms with E-state index in [-0.39, 0.29) is 0 Å². The van der Waals surface area contributed by atoms with Crippen LogP contribution in [-0.2, 0) is 0 Å². The summed E-state index contributed by atoms with van der Waals surface area (Å²) in [6.45, 7) is 6.19. The normalized spacial score (nSPS) is 10.5. The van der Waals surface area contributed by atoms with Crippen LogP contribution < -0.4 is 0 Å². The predicted octanol–water partition coefficient (Wildman–Crippen LogP) is 3.86. The lowest BCUT2D eigenvalue weighted by Crippen LogP contribution is -2.29. The molecule has 88 valence electrons. The summed E-state index contributed by atoms with van der Waals surface area (Å²) in [6.07, 6.45) is 0. The summed E-state index contributed by atoms with van der Waals surface area (Å²) >= 11 is 5.59. The fourth-order valence-corrected chi connectivity index (χ4v) is 2.53. The monoisotopic (exact) mass is 243 g/mol. The zero-order chi connectivity index (χ0) is 12.3. The third kappa shape index (κ3) is 2.32. The Balaban J connectivity index is 2.52. The molecule has 0 aliphatic carbocycles. The van der Waals surface area contributed by atoms with Gasteiger partial charge in [-0.05, 0) is 24.6 Å². The first kappa shape index (κ1) is 12.1. The first-order chi connectivity index (χ1) is 8.27. The van der Waals surface area contributed by atoms with Crippen molar-refractivity contribution in [1.29, 1.82) is 0 Å². The third-order valence-electron chi connectivity index (χ3n) is 3.07. The third-order valence-corrected chi connectivity index (χ3v) is 3.55. The van der Waals surface area contributed by atoms with Crippen molar-refractivity contribution in [2.24, 2.45) is 0 Å². The van der Waals surface area contributed by atoms with Crippen LogP contribution in [0.1, 0.15) is 19.4 Å². The molecule has 2 heteroatoms. The van der Waals surface area contributed by atoms with Crippen molar-refractivity contribution < 1.29 is 0 Å². The molecule has 0 aliphatic rings. The molecule has 2 aromatic carbocycles. The number of fused-ring (bicyclic) bond motifs is 1. The minimum Gasteiger partial charge on any atom is -0.363 e. The molecule has 0 fully saturated rings. The van der Waals surface area contributed by atoms with Crippen LogP contribution >= 0.6 is 12.2 Å². The summed E-state index contributed by atoms with van der Waals surface area (Å²) < 4.78 is 0. The smallest absolute Gasteiger partial charge is 0.109 e. The molecule has 0 unspecified atom stereocenters. The molecule has 0 amide bonds. The second-order valence-electron chi connectivity index (χ2n) is 4.00. The number of hydrogen-bond donors (Lipinski definition) is 0. The summed E-state index contributed by atoms with van der Waals surface area (Å²) in [6, 6.07) is 14.7. The van der Waals surface area contributed by atoms with Crippen molar-refractivity contribution in [3.63, 3.8) is 0 Å². The number of thiocarbonyl (C=S) groups is 1. The van der Waals surface area contributed by atoms with E-state index >= 15 is 0 Å². The largest absolute Gasteiger partial charge is 0.363 e. The molecule has 0 aliphatic heterocycles. The molecule has 0 spiro atoms. The molecule has 0 bridgehead atoms. The zero-order valence-corrected chi connectivity index (χ0v) is 11.1. The molecule has 0 radical (unpaired) electrons. The second kappa shape index (κ2) is 5.28. The van der Waals surface area contributed by atoms with Gasteiger partial charge in [0.1, 0.15) is 4.99 Å². The summed E-state index contributed by atoms with van der Waals surface area (Å²) in [5.41, 5.74) is 1.17. The molecular formula is C15H17NS. The maximum Gasteiger partial charge on any atom is 0.109 e. The minimum atomic E-state index is 0.951. The van der Waals surface area contributed by atoms with Gasteiger partial charge in [0.05, 0.1) is 0 Å². The van der Waals surface area contributed by atoms with Gasteiger partial charge in [0.15, 0.2) is 0 Å². The van der Waals surface area contributed by atoms with Crippen molar-refractivity contribution in [2.45, 2.75) is 13.8 Å². The summed E-state index contributed by atoms with van der Waals surface area (Å²) in [5.74, 6) is 0. The zero-order valence-electron chi connectivity index (χ0n) is 10.3. The van der Waals surface area contributed by atoms with E-state index in [1.54, 1.807) is 0 Å². The minimum absolute atomic E-state index is 0.951. The average Bonchev–Trinajstić information content (AvgIpc) is 2.39. The number of benzene rings is 2. The lowest BCUT2D eigenvalue weighted by Gasteiger charge is -2.22. The predicted molar refractivity (Wildman–Crippen MR) is 78.6 cm³/mol. The van der Waals surface area contributed by atoms with E-state index in [1.165, 1.54) is 16.3 Å². The molecule has 0 atom stereocenters. The van der Waals surface area contributed by atoms with Crippen molar-refractivity contribution in [3.05, 3.63) is 48.0 Å². The molecule has 0 saturated heterocycles. The number of nitrogens with zero attached hydrogens (tertiary/aromatic N) is 1. The average molecular weight is 243 g/mol. The van der Waals surface area contributed by atoms with Gasteiger partial charge in [-0.1, -0.05) is 54.7 Å². The fraction of sp³-hybridized carbons (Fsp3) is 0.267. The molecule has 1 nitrogen and oxygen atoms in total. The van der Waals surface area contributed by atoms with Crippen molar-refractivity contribution >= 4 is 28.0 Å². The lowest BCUT2D eigenvalue weighted by atomic mass is 10.0. The van der Waals surface area contributed by atoms with Crippen LogP contribution in [0.25, 0.3) is 10.8 Å². The van der Waals surface area contributed by atoms with E-state index in [2.05, 4.69) is 61.2 Å². The highest BCUT2D eigenvalue weighted by molar-refractivity contribution is 7.80. The highest BCUT2D eigenvalue weighted by atomic mass is 32.1. The van der Waals surface area contributed by atoms with Gasteiger partial charge in [0, 0.05) is 18.7 Å². The van der Waals surface area contributed by atoms with Gasteiger partial charge in [0.2, 0.25) is 0 Å². The summed E-state index contributed by atoms with van der Waals surface area (Å²) in [4.78, 5) is 3.17. The van der Waals surface area contributed by atoms with Gasteiger partial charge in [-0.25, -0.2) is 0 Å². The van der Waals surface area contributed by atoms with E-state index in [9.17, 15) is 0 Å². The first-order valence-corrected chi connectivity index (χ1v) is 6.45. The van der Waals surface area contributed by atoms with E-state index in [4.69, 9.17) is 12.2 Å². The Kier molecular flexibility index (Phi) is 3.75. The second-order valence-corrected chi connectivity index (χ2v) is 4.39. The van der Waals surface area contributed by atoms with Crippen LogP contribution in [0.5, 0.6) is 0 Å². The summed E-state index contributed by atoms with van der Waals surface area (Å²) in [7, 11) is 0. The highest BCUT2D eigenvalue weighted by Crippen LogP contribution is 2.20. The van der Waals surface area contributed by atoms with Gasteiger partial charge in [-0.3, -0.25) is 0 Å². The molecule has 0 heterocycles. The Morgan fingerprint density at radius 3 is 2.35 bits per heavy atom. The molecule has 17 heavy (non-hydrogen) atoms. The maximum atomic E-state index is 5.59. The number of rotatable bonds is 3. The molecule has 0 N–H and O–H groups in total.